The van der Waals surface area contributed by atoms with Crippen LogP contribution in [0.5, 0.6) is 0 Å². The summed E-state index contributed by atoms with van der Waals surface area (Å²) in [5.41, 5.74) is -0.747. The Hall–Kier alpha value is -2.20. The first-order valence-electron chi connectivity index (χ1n) is 6.81. The summed E-state index contributed by atoms with van der Waals surface area (Å²) in [5, 5.41) is 9.87. The van der Waals surface area contributed by atoms with Gasteiger partial charge in [0, 0.05) is 32.0 Å². The second-order valence-corrected chi connectivity index (χ2v) is 5.13. The summed E-state index contributed by atoms with van der Waals surface area (Å²) in [4.78, 5) is 0. The highest BCUT2D eigenvalue weighted by Crippen LogP contribution is 2.20. The second-order valence-electron chi connectivity index (χ2n) is 4.72. The third-order valence-electron chi connectivity index (χ3n) is 3.00. The van der Waals surface area contributed by atoms with E-state index in [1.165, 1.54) is 12.3 Å². The Morgan fingerprint density at radius 1 is 1.25 bits per heavy atom. The van der Waals surface area contributed by atoms with Crippen LogP contribution in [-0.2, 0) is 11.3 Å². The number of nitrogens with zero attached hydrogens (tertiary/aromatic N) is 2. The van der Waals surface area contributed by atoms with Gasteiger partial charge < -0.3 is 15.4 Å². The Morgan fingerprint density at radius 3 is 2.54 bits per heavy atom. The van der Waals surface area contributed by atoms with Gasteiger partial charge in [-0.1, -0.05) is 0 Å². The van der Waals surface area contributed by atoms with Gasteiger partial charge in [0.1, 0.15) is 0 Å². The molecule has 2 N–H and O–H groups in total. The number of anilines is 1. The molecule has 0 fully saturated rings. The van der Waals surface area contributed by atoms with Gasteiger partial charge in [0.05, 0.1) is 18.7 Å². The van der Waals surface area contributed by atoms with Crippen LogP contribution in [0.15, 0.2) is 18.3 Å². The van der Waals surface area contributed by atoms with E-state index in [1.54, 1.807) is 7.11 Å². The average molecular weight is 362 g/mol. The summed E-state index contributed by atoms with van der Waals surface area (Å²) >= 11 is 5.02. The maximum Gasteiger partial charge on any atom is 0.172 e. The minimum Gasteiger partial charge on any atom is -0.383 e. The normalized spacial score (nSPS) is 10.7. The molecule has 0 saturated carbocycles. The van der Waals surface area contributed by atoms with Gasteiger partial charge in [-0.3, -0.25) is 4.68 Å². The van der Waals surface area contributed by atoms with Crippen LogP contribution in [0.1, 0.15) is 5.56 Å². The molecule has 1 heterocycles. The number of hydrogen-bond donors (Lipinski definition) is 2. The number of hydrogen-bond acceptors (Lipinski definition) is 3. The third kappa shape index (κ3) is 4.42. The Bertz CT molecular complexity index is 712. The molecule has 5 nitrogen and oxygen atoms in total. The number of nitrogens with one attached hydrogen (secondary N) is 2. The van der Waals surface area contributed by atoms with Gasteiger partial charge in [-0.15, -0.1) is 0 Å². The van der Waals surface area contributed by atoms with Gasteiger partial charge in [-0.2, -0.15) is 5.10 Å². The van der Waals surface area contributed by atoms with Crippen molar-refractivity contribution in [2.24, 2.45) is 0 Å². The number of ether oxygens (including phenoxy) is 1. The van der Waals surface area contributed by atoms with Crippen molar-refractivity contribution < 1.29 is 22.3 Å². The van der Waals surface area contributed by atoms with Gasteiger partial charge in [0.25, 0.3) is 0 Å². The molecule has 0 aliphatic carbocycles. The van der Waals surface area contributed by atoms with E-state index in [0.717, 1.165) is 4.68 Å². The minimum absolute atomic E-state index is 0.161. The highest BCUT2D eigenvalue weighted by Gasteiger charge is 2.19. The smallest absolute Gasteiger partial charge is 0.172 e. The van der Waals surface area contributed by atoms with E-state index in [-0.39, 0.29) is 11.2 Å². The predicted octanol–water partition coefficient (Wildman–Crippen LogP) is 2.42. The van der Waals surface area contributed by atoms with Gasteiger partial charge in [0.2, 0.25) is 0 Å². The largest absolute Gasteiger partial charge is 0.383 e. The van der Waals surface area contributed by atoms with Crippen LogP contribution in [0.2, 0.25) is 0 Å². The monoisotopic (exact) mass is 362 g/mol. The molecule has 0 unspecified atom stereocenters. The zero-order valence-electron chi connectivity index (χ0n) is 12.6. The number of halogens is 4. The van der Waals surface area contributed by atoms with Crippen LogP contribution in [0.4, 0.5) is 23.4 Å². The van der Waals surface area contributed by atoms with Crippen molar-refractivity contribution in [3.8, 4) is 0 Å². The molecule has 0 radical (unpaired) electrons. The molecule has 24 heavy (non-hydrogen) atoms. The van der Waals surface area contributed by atoms with Crippen LogP contribution in [0.3, 0.4) is 0 Å². The predicted molar refractivity (Wildman–Crippen MR) is 83.7 cm³/mol. The topological polar surface area (TPSA) is 51.1 Å². The highest BCUT2D eigenvalue weighted by molar-refractivity contribution is 7.80. The fraction of sp³-hybridized carbons (Fsp3) is 0.286. The standard InChI is InChI=1S/C14H14F4N4OS/c1-23-5-3-19-14(24)20-11-2-4-22(21-11)7-8-12(17)9(15)6-10(16)13(8)18/h2,4,6H,3,5,7H2,1H3,(H2,19,20,21,24). The molecule has 2 aromatic rings. The van der Waals surface area contributed by atoms with Crippen LogP contribution < -0.4 is 10.6 Å². The lowest BCUT2D eigenvalue weighted by atomic mass is 10.2. The highest BCUT2D eigenvalue weighted by atomic mass is 32.1. The molecule has 0 spiro atoms. The van der Waals surface area contributed by atoms with Crippen molar-refractivity contribution >= 4 is 23.1 Å². The maximum absolute atomic E-state index is 13.6. The molecular formula is C14H14F4N4OS. The Labute approximate surface area is 140 Å². The van der Waals surface area contributed by atoms with Crippen LogP contribution in [-0.4, -0.2) is 35.2 Å². The molecule has 1 aromatic heterocycles. The van der Waals surface area contributed by atoms with Crippen LogP contribution in [0.25, 0.3) is 0 Å². The average Bonchev–Trinajstić information content (AvgIpc) is 2.97. The van der Waals surface area contributed by atoms with Crippen molar-refractivity contribution in [1.82, 2.24) is 15.1 Å². The number of rotatable bonds is 6. The van der Waals surface area contributed by atoms with E-state index in [1.807, 2.05) is 0 Å². The lowest BCUT2D eigenvalue weighted by Gasteiger charge is -2.08. The Balaban J connectivity index is 2.06. The van der Waals surface area contributed by atoms with Crippen molar-refractivity contribution in [2.75, 3.05) is 25.6 Å². The quantitative estimate of drug-likeness (QED) is 0.358. The van der Waals surface area contributed by atoms with Crippen molar-refractivity contribution in [2.45, 2.75) is 6.54 Å². The lowest BCUT2D eigenvalue weighted by molar-refractivity contribution is 0.204. The fourth-order valence-corrected chi connectivity index (χ4v) is 2.07. The zero-order chi connectivity index (χ0) is 17.7. The van der Waals surface area contributed by atoms with E-state index < -0.39 is 35.4 Å². The molecule has 0 aliphatic heterocycles. The maximum atomic E-state index is 13.6. The van der Waals surface area contributed by atoms with Gasteiger partial charge in [-0.25, -0.2) is 17.6 Å². The molecular weight excluding hydrogens is 348 g/mol. The summed E-state index contributed by atoms with van der Waals surface area (Å²) in [7, 11) is 1.55. The number of aromatic nitrogens is 2. The van der Waals surface area contributed by atoms with Gasteiger partial charge >= 0.3 is 0 Å². The first-order chi connectivity index (χ1) is 11.4. The van der Waals surface area contributed by atoms with Crippen LogP contribution in [0, 0.1) is 23.3 Å². The molecule has 0 atom stereocenters. The zero-order valence-corrected chi connectivity index (χ0v) is 13.4. The fourth-order valence-electron chi connectivity index (χ4n) is 1.87. The summed E-state index contributed by atoms with van der Waals surface area (Å²) in [6, 6.07) is 1.66. The lowest BCUT2D eigenvalue weighted by Crippen LogP contribution is -2.31. The first-order valence-corrected chi connectivity index (χ1v) is 7.22. The van der Waals surface area contributed by atoms with Crippen molar-refractivity contribution in [1.29, 1.82) is 0 Å². The number of benzene rings is 1. The summed E-state index contributed by atoms with van der Waals surface area (Å²) in [6.45, 7) is 0.472. The van der Waals surface area contributed by atoms with E-state index in [2.05, 4.69) is 15.7 Å². The van der Waals surface area contributed by atoms with Crippen molar-refractivity contribution in [3.63, 3.8) is 0 Å². The van der Waals surface area contributed by atoms with Crippen LogP contribution >= 0.6 is 12.2 Å². The van der Waals surface area contributed by atoms with E-state index in [9.17, 15) is 17.6 Å². The van der Waals surface area contributed by atoms with Gasteiger partial charge in [0.15, 0.2) is 34.2 Å². The van der Waals surface area contributed by atoms with E-state index >= 15 is 0 Å². The molecule has 0 bridgehead atoms. The molecule has 0 saturated heterocycles. The first kappa shape index (κ1) is 18.1. The Morgan fingerprint density at radius 2 is 1.92 bits per heavy atom. The molecule has 0 aliphatic rings. The van der Waals surface area contributed by atoms with Gasteiger partial charge in [-0.05, 0) is 12.2 Å². The minimum atomic E-state index is -1.46. The summed E-state index contributed by atoms with van der Waals surface area (Å²) in [6.07, 6.45) is 1.39. The summed E-state index contributed by atoms with van der Waals surface area (Å²) < 4.78 is 59.6. The van der Waals surface area contributed by atoms with E-state index in [4.69, 9.17) is 17.0 Å². The molecule has 1 aromatic carbocycles. The van der Waals surface area contributed by atoms with E-state index in [0.29, 0.717) is 19.0 Å². The Kier molecular flexibility index (Phi) is 6.10. The molecule has 130 valence electrons. The SMILES string of the molecule is COCCNC(=S)Nc1ccn(Cc2c(F)c(F)cc(F)c2F)n1. The third-order valence-corrected chi connectivity index (χ3v) is 3.24. The number of methoxy groups -OCH3 is 1. The molecule has 0 amide bonds. The molecule has 2 rings (SSSR count). The number of thiocarbonyl (C=S) groups is 1. The second kappa shape index (κ2) is 8.06. The molecule has 10 heteroatoms. The summed E-state index contributed by atoms with van der Waals surface area (Å²) in [5.74, 6) is -5.51. The van der Waals surface area contributed by atoms with Crippen molar-refractivity contribution in [3.05, 3.63) is 47.2 Å².